The molecule has 0 aromatic heterocycles. The van der Waals surface area contributed by atoms with E-state index in [1.54, 1.807) is 36.4 Å². The molecule has 0 amide bonds. The Morgan fingerprint density at radius 2 is 1.24 bits per heavy atom. The monoisotopic (exact) mass is 275 g/mol. The second kappa shape index (κ2) is 6.50. The number of hydrogen-bond donors (Lipinski definition) is 0. The van der Waals surface area contributed by atoms with E-state index < -0.39 is 0 Å². The average Bonchev–Trinajstić information content (AvgIpc) is 2.50. The Bertz CT molecular complexity index is 681. The second-order valence-corrected chi connectivity index (χ2v) is 4.52. The zero-order valence-electron chi connectivity index (χ0n) is 11.8. The number of nitrogens with zero attached hydrogens (tertiary/aromatic N) is 2. The van der Waals surface area contributed by atoms with Gasteiger partial charge in [-0.2, -0.15) is 10.5 Å². The highest BCUT2D eigenvalue weighted by molar-refractivity contribution is 6.20. The van der Waals surface area contributed by atoms with Gasteiger partial charge in [-0.05, 0) is 61.4 Å². The van der Waals surface area contributed by atoms with E-state index in [1.165, 1.54) is 7.69 Å². The van der Waals surface area contributed by atoms with Gasteiger partial charge in [-0.1, -0.05) is 0 Å². The van der Waals surface area contributed by atoms with Crippen LogP contribution in [0.5, 0.6) is 11.5 Å². The van der Waals surface area contributed by atoms with Crippen molar-refractivity contribution < 1.29 is 9.31 Å². The van der Waals surface area contributed by atoms with Crippen LogP contribution in [-0.4, -0.2) is 7.69 Å². The van der Waals surface area contributed by atoms with Crippen LogP contribution in [-0.2, 0) is 0 Å². The number of hydrogen-bond acceptors (Lipinski definition) is 4. The van der Waals surface area contributed by atoms with Crippen LogP contribution in [0.4, 0.5) is 0 Å². The summed E-state index contributed by atoms with van der Waals surface area (Å²) in [7, 11) is 1.24. The van der Waals surface area contributed by atoms with Crippen LogP contribution in [0.2, 0.25) is 0 Å². The largest absolute Gasteiger partial charge is 0.658 e. The lowest BCUT2D eigenvalue weighted by molar-refractivity contribution is 0.455. The summed E-state index contributed by atoms with van der Waals surface area (Å²) in [6, 6.07) is 14.4. The first-order valence-corrected chi connectivity index (χ1v) is 6.30. The molecule has 0 aliphatic heterocycles. The Hall–Kier alpha value is -2.92. The van der Waals surface area contributed by atoms with Crippen molar-refractivity contribution in [3.63, 3.8) is 0 Å². The van der Waals surface area contributed by atoms with Crippen LogP contribution in [0.25, 0.3) is 0 Å². The lowest BCUT2D eigenvalue weighted by atomic mass is 10.1. The standard InChI is InChI=1S/C16H12BN2O2/c1-11-7-13(9-18)3-5-15(11)20-17-21-16-6-4-14(10-19)8-12(16)2/h3-8H,1-2H3. The summed E-state index contributed by atoms with van der Waals surface area (Å²) in [4.78, 5) is 0. The zero-order valence-corrected chi connectivity index (χ0v) is 11.8. The van der Waals surface area contributed by atoms with Gasteiger partial charge in [-0.25, -0.2) is 0 Å². The van der Waals surface area contributed by atoms with E-state index >= 15 is 0 Å². The predicted molar refractivity (Wildman–Crippen MR) is 78.8 cm³/mol. The molecular formula is C16H12BN2O2. The molecule has 0 N–H and O–H groups in total. The van der Waals surface area contributed by atoms with Crippen LogP contribution >= 0.6 is 0 Å². The third-order valence-electron chi connectivity index (χ3n) is 2.96. The van der Waals surface area contributed by atoms with E-state index in [2.05, 4.69) is 12.1 Å². The third kappa shape index (κ3) is 3.55. The summed E-state index contributed by atoms with van der Waals surface area (Å²) in [5, 5.41) is 17.6. The van der Waals surface area contributed by atoms with Crippen molar-refractivity contribution in [1.29, 1.82) is 10.5 Å². The molecule has 0 saturated heterocycles. The quantitative estimate of drug-likeness (QED) is 0.804. The molecule has 0 fully saturated rings. The summed E-state index contributed by atoms with van der Waals surface area (Å²) in [5.41, 5.74) is 2.88. The lowest BCUT2D eigenvalue weighted by Crippen LogP contribution is -2.12. The van der Waals surface area contributed by atoms with Crippen molar-refractivity contribution in [3.8, 4) is 23.6 Å². The summed E-state index contributed by atoms with van der Waals surface area (Å²) < 4.78 is 10.9. The van der Waals surface area contributed by atoms with Crippen molar-refractivity contribution in [2.24, 2.45) is 0 Å². The Morgan fingerprint density at radius 1 is 0.810 bits per heavy atom. The highest BCUT2D eigenvalue weighted by atomic mass is 16.6. The topological polar surface area (TPSA) is 66.0 Å². The number of nitriles is 2. The van der Waals surface area contributed by atoms with Gasteiger partial charge in [0, 0.05) is 0 Å². The first kappa shape index (κ1) is 14.5. The van der Waals surface area contributed by atoms with Crippen molar-refractivity contribution >= 4 is 7.69 Å². The maximum atomic E-state index is 8.80. The van der Waals surface area contributed by atoms with E-state index in [0.29, 0.717) is 22.6 Å². The van der Waals surface area contributed by atoms with E-state index in [9.17, 15) is 0 Å². The van der Waals surface area contributed by atoms with Crippen molar-refractivity contribution in [3.05, 3.63) is 58.7 Å². The zero-order chi connectivity index (χ0) is 15.2. The van der Waals surface area contributed by atoms with Crippen LogP contribution in [0.3, 0.4) is 0 Å². The molecule has 5 heteroatoms. The van der Waals surface area contributed by atoms with E-state index in [1.807, 2.05) is 13.8 Å². The molecule has 4 nitrogen and oxygen atoms in total. The second-order valence-electron chi connectivity index (χ2n) is 4.52. The molecule has 101 valence electrons. The van der Waals surface area contributed by atoms with Gasteiger partial charge >= 0.3 is 7.69 Å². The van der Waals surface area contributed by atoms with Crippen molar-refractivity contribution in [2.75, 3.05) is 0 Å². The van der Waals surface area contributed by atoms with Gasteiger partial charge in [-0.15, -0.1) is 0 Å². The van der Waals surface area contributed by atoms with Crippen molar-refractivity contribution in [1.82, 2.24) is 0 Å². The van der Waals surface area contributed by atoms with Gasteiger partial charge in [0.25, 0.3) is 0 Å². The molecule has 2 aromatic carbocycles. The minimum absolute atomic E-state index is 0.587. The normalized spacial score (nSPS) is 9.33. The summed E-state index contributed by atoms with van der Waals surface area (Å²) in [6.45, 7) is 3.72. The molecule has 2 aromatic rings. The maximum absolute atomic E-state index is 8.80. The molecule has 0 atom stereocenters. The van der Waals surface area contributed by atoms with E-state index in [-0.39, 0.29) is 0 Å². The minimum Gasteiger partial charge on any atom is -0.526 e. The number of benzene rings is 2. The van der Waals surface area contributed by atoms with Crippen LogP contribution in [0.1, 0.15) is 22.3 Å². The van der Waals surface area contributed by atoms with Gasteiger partial charge in [0.2, 0.25) is 0 Å². The van der Waals surface area contributed by atoms with Gasteiger partial charge in [0.15, 0.2) is 0 Å². The molecule has 0 unspecified atom stereocenters. The smallest absolute Gasteiger partial charge is 0.526 e. The third-order valence-corrected chi connectivity index (χ3v) is 2.96. The van der Waals surface area contributed by atoms with Crippen LogP contribution in [0.15, 0.2) is 36.4 Å². The molecule has 0 aliphatic rings. The molecule has 0 aliphatic carbocycles. The van der Waals surface area contributed by atoms with Gasteiger partial charge < -0.3 is 9.31 Å². The molecule has 0 spiro atoms. The molecule has 0 saturated carbocycles. The Kier molecular flexibility index (Phi) is 4.48. The Morgan fingerprint density at radius 3 is 1.57 bits per heavy atom. The van der Waals surface area contributed by atoms with Gasteiger partial charge in [0.05, 0.1) is 23.3 Å². The summed E-state index contributed by atoms with van der Waals surface area (Å²) in [5.74, 6) is 1.25. The molecule has 0 bridgehead atoms. The fraction of sp³-hybridized carbons (Fsp3) is 0.125. The number of aryl methyl sites for hydroxylation is 2. The maximum Gasteiger partial charge on any atom is 0.658 e. The van der Waals surface area contributed by atoms with Crippen LogP contribution < -0.4 is 9.31 Å². The SMILES string of the molecule is Cc1cc(C#N)ccc1O[B]Oc1ccc(C#N)cc1C. The van der Waals surface area contributed by atoms with E-state index in [4.69, 9.17) is 19.8 Å². The van der Waals surface area contributed by atoms with Gasteiger partial charge in [0.1, 0.15) is 11.5 Å². The highest BCUT2D eigenvalue weighted by Gasteiger charge is 2.07. The highest BCUT2D eigenvalue weighted by Crippen LogP contribution is 2.21. The Balaban J connectivity index is 1.99. The average molecular weight is 275 g/mol. The first-order chi connectivity index (χ1) is 10.1. The first-order valence-electron chi connectivity index (χ1n) is 6.30. The Labute approximate surface area is 124 Å². The molecule has 2 rings (SSSR count). The summed E-state index contributed by atoms with van der Waals surface area (Å²) >= 11 is 0. The fourth-order valence-electron chi connectivity index (χ4n) is 1.83. The summed E-state index contributed by atoms with van der Waals surface area (Å²) in [6.07, 6.45) is 0. The van der Waals surface area contributed by atoms with E-state index in [0.717, 1.165) is 11.1 Å². The number of rotatable bonds is 4. The molecule has 1 radical (unpaired) electrons. The molecule has 21 heavy (non-hydrogen) atoms. The van der Waals surface area contributed by atoms with Gasteiger partial charge in [-0.3, -0.25) is 0 Å². The molecule has 0 heterocycles. The lowest BCUT2D eigenvalue weighted by Gasteiger charge is -2.10. The predicted octanol–water partition coefficient (Wildman–Crippen LogP) is 3.04. The minimum atomic E-state index is 0.587. The molecular weight excluding hydrogens is 263 g/mol. The van der Waals surface area contributed by atoms with Crippen LogP contribution in [0, 0.1) is 36.5 Å². The van der Waals surface area contributed by atoms with Crippen molar-refractivity contribution in [2.45, 2.75) is 13.8 Å². The fourth-order valence-corrected chi connectivity index (χ4v) is 1.83.